The van der Waals surface area contributed by atoms with Gasteiger partial charge in [-0.2, -0.15) is 0 Å². The number of fused-ring (bicyclic) bond motifs is 1. The van der Waals surface area contributed by atoms with Crippen molar-refractivity contribution in [3.05, 3.63) is 48.3 Å². The van der Waals surface area contributed by atoms with Gasteiger partial charge in [0.25, 0.3) is 0 Å². The summed E-state index contributed by atoms with van der Waals surface area (Å²) >= 11 is 0. The highest BCUT2D eigenvalue weighted by Crippen LogP contribution is 2.22. The topological polar surface area (TPSA) is 58.6 Å². The molecule has 0 aliphatic heterocycles. The molecule has 3 aromatic rings. The molecule has 2 heterocycles. The number of benzene rings is 1. The monoisotopic (exact) mass is 237 g/mol. The Balaban J connectivity index is 2.06. The zero-order chi connectivity index (χ0) is 12.5. The van der Waals surface area contributed by atoms with E-state index in [-0.39, 0.29) is 5.78 Å². The summed E-state index contributed by atoms with van der Waals surface area (Å²) in [6, 6.07) is 9.43. The first-order chi connectivity index (χ1) is 8.74. The molecule has 1 aromatic carbocycles. The molecule has 0 radical (unpaired) electrons. The number of aromatic nitrogens is 3. The van der Waals surface area contributed by atoms with Crippen LogP contribution in [0.4, 0.5) is 0 Å². The number of carbonyl (C=O) groups excluding carboxylic acids is 1. The van der Waals surface area contributed by atoms with E-state index >= 15 is 0 Å². The Labute approximate surface area is 104 Å². The van der Waals surface area contributed by atoms with Gasteiger partial charge < -0.3 is 4.98 Å². The van der Waals surface area contributed by atoms with Crippen molar-refractivity contribution >= 4 is 16.9 Å². The maximum Gasteiger partial charge on any atom is 0.159 e. The molecule has 4 heteroatoms. The Morgan fingerprint density at radius 2 is 1.83 bits per heavy atom. The van der Waals surface area contributed by atoms with Crippen LogP contribution in [-0.2, 0) is 0 Å². The first-order valence-electron chi connectivity index (χ1n) is 5.65. The first kappa shape index (κ1) is 10.7. The highest BCUT2D eigenvalue weighted by atomic mass is 16.1. The number of ketones is 1. The Bertz CT molecular complexity index is 680. The number of hydrogen-bond donors (Lipinski definition) is 1. The number of rotatable bonds is 2. The second-order valence-electron chi connectivity index (χ2n) is 4.11. The Morgan fingerprint density at radius 3 is 2.50 bits per heavy atom. The maximum absolute atomic E-state index is 11.2. The van der Waals surface area contributed by atoms with Gasteiger partial charge >= 0.3 is 0 Å². The molecule has 0 unspecified atom stereocenters. The molecule has 0 aliphatic carbocycles. The predicted octanol–water partition coefficient (Wildman–Crippen LogP) is 2.83. The SMILES string of the molecule is CC(=O)c1ccc(-c2cc3nccnc3[nH]2)cc1. The van der Waals surface area contributed by atoms with Gasteiger partial charge in [-0.15, -0.1) is 0 Å². The van der Waals surface area contributed by atoms with Crippen LogP contribution in [0.2, 0.25) is 0 Å². The van der Waals surface area contributed by atoms with Crippen LogP contribution in [-0.4, -0.2) is 20.7 Å². The molecule has 1 N–H and O–H groups in total. The average Bonchev–Trinajstić information content (AvgIpc) is 2.82. The largest absolute Gasteiger partial charge is 0.338 e. The third-order valence-corrected chi connectivity index (χ3v) is 2.86. The van der Waals surface area contributed by atoms with Gasteiger partial charge in [-0.1, -0.05) is 24.3 Å². The minimum absolute atomic E-state index is 0.0709. The highest BCUT2D eigenvalue weighted by molar-refractivity contribution is 5.94. The van der Waals surface area contributed by atoms with E-state index in [1.54, 1.807) is 19.3 Å². The van der Waals surface area contributed by atoms with E-state index in [0.29, 0.717) is 5.56 Å². The van der Waals surface area contributed by atoms with Crippen molar-refractivity contribution in [1.29, 1.82) is 0 Å². The quantitative estimate of drug-likeness (QED) is 0.697. The van der Waals surface area contributed by atoms with Gasteiger partial charge in [0.2, 0.25) is 0 Å². The number of Topliss-reactive ketones (excluding diaryl/α,β-unsaturated/α-hetero) is 1. The molecule has 0 aliphatic rings. The molecule has 88 valence electrons. The second-order valence-corrected chi connectivity index (χ2v) is 4.11. The van der Waals surface area contributed by atoms with Crippen LogP contribution in [0.1, 0.15) is 17.3 Å². The van der Waals surface area contributed by atoms with Crippen molar-refractivity contribution in [2.75, 3.05) is 0 Å². The number of nitrogens with zero attached hydrogens (tertiary/aromatic N) is 2. The molecule has 0 atom stereocenters. The molecule has 4 nitrogen and oxygen atoms in total. The van der Waals surface area contributed by atoms with E-state index in [9.17, 15) is 4.79 Å². The fraction of sp³-hybridized carbons (Fsp3) is 0.0714. The standard InChI is InChI=1S/C14H11N3O/c1-9(18)10-2-4-11(5-3-10)12-8-13-14(17-12)16-7-6-15-13/h2-8H,1H3,(H,16,17). The number of H-pyrrole nitrogens is 1. The molecule has 0 fully saturated rings. The smallest absolute Gasteiger partial charge is 0.159 e. The average molecular weight is 237 g/mol. The number of nitrogens with one attached hydrogen (secondary N) is 1. The molecule has 2 aromatic heterocycles. The van der Waals surface area contributed by atoms with Crippen molar-refractivity contribution < 1.29 is 4.79 Å². The van der Waals surface area contributed by atoms with Crippen molar-refractivity contribution in [2.45, 2.75) is 6.92 Å². The van der Waals surface area contributed by atoms with E-state index in [1.807, 2.05) is 30.3 Å². The fourth-order valence-electron chi connectivity index (χ4n) is 1.89. The third-order valence-electron chi connectivity index (χ3n) is 2.86. The molecule has 3 rings (SSSR count). The summed E-state index contributed by atoms with van der Waals surface area (Å²) in [5, 5.41) is 0. The van der Waals surface area contributed by atoms with Crippen LogP contribution >= 0.6 is 0 Å². The van der Waals surface area contributed by atoms with Gasteiger partial charge in [0.05, 0.1) is 0 Å². The van der Waals surface area contributed by atoms with Gasteiger partial charge in [0.1, 0.15) is 5.52 Å². The summed E-state index contributed by atoms with van der Waals surface area (Å²) in [5.74, 6) is 0.0709. The van der Waals surface area contributed by atoms with Gasteiger partial charge in [0, 0.05) is 23.7 Å². The molecule has 0 bridgehead atoms. The number of aromatic amines is 1. The van der Waals surface area contributed by atoms with Crippen LogP contribution < -0.4 is 0 Å². The Hall–Kier alpha value is -2.49. The summed E-state index contributed by atoms with van der Waals surface area (Å²) in [6.45, 7) is 1.56. The normalized spacial score (nSPS) is 10.7. The lowest BCUT2D eigenvalue weighted by atomic mass is 10.1. The van der Waals surface area contributed by atoms with E-state index in [1.165, 1.54) is 0 Å². The molecule has 0 saturated carbocycles. The van der Waals surface area contributed by atoms with Crippen LogP contribution in [0, 0.1) is 0 Å². The third kappa shape index (κ3) is 1.78. The lowest BCUT2D eigenvalue weighted by Crippen LogP contribution is -1.90. The van der Waals surface area contributed by atoms with Crippen molar-refractivity contribution in [2.24, 2.45) is 0 Å². The van der Waals surface area contributed by atoms with E-state index in [2.05, 4.69) is 15.0 Å². The molecule has 18 heavy (non-hydrogen) atoms. The minimum atomic E-state index is 0.0709. The van der Waals surface area contributed by atoms with Crippen LogP contribution in [0.5, 0.6) is 0 Å². The number of carbonyl (C=O) groups is 1. The fourth-order valence-corrected chi connectivity index (χ4v) is 1.89. The van der Waals surface area contributed by atoms with Gasteiger partial charge in [0.15, 0.2) is 11.4 Å². The van der Waals surface area contributed by atoms with Crippen molar-refractivity contribution in [3.63, 3.8) is 0 Å². The Morgan fingerprint density at radius 1 is 1.11 bits per heavy atom. The van der Waals surface area contributed by atoms with Gasteiger partial charge in [-0.05, 0) is 18.6 Å². The maximum atomic E-state index is 11.2. The summed E-state index contributed by atoms with van der Waals surface area (Å²) in [6.07, 6.45) is 3.32. The molecular formula is C14H11N3O. The van der Waals surface area contributed by atoms with E-state index < -0.39 is 0 Å². The van der Waals surface area contributed by atoms with Crippen LogP contribution in [0.3, 0.4) is 0 Å². The second kappa shape index (κ2) is 4.07. The lowest BCUT2D eigenvalue weighted by molar-refractivity contribution is 0.101. The van der Waals surface area contributed by atoms with Crippen molar-refractivity contribution in [1.82, 2.24) is 15.0 Å². The lowest BCUT2D eigenvalue weighted by Gasteiger charge is -1.99. The zero-order valence-electron chi connectivity index (χ0n) is 9.84. The van der Waals surface area contributed by atoms with Crippen molar-refractivity contribution in [3.8, 4) is 11.3 Å². The summed E-state index contributed by atoms with van der Waals surface area (Å²) in [7, 11) is 0. The Kier molecular flexibility index (Phi) is 2.41. The van der Waals surface area contributed by atoms with Gasteiger partial charge in [-0.25, -0.2) is 4.98 Å². The molecule has 0 amide bonds. The highest BCUT2D eigenvalue weighted by Gasteiger charge is 2.05. The predicted molar refractivity (Wildman–Crippen MR) is 69.3 cm³/mol. The van der Waals surface area contributed by atoms with Crippen LogP contribution in [0.25, 0.3) is 22.4 Å². The molecule has 0 saturated heterocycles. The molecule has 0 spiro atoms. The first-order valence-corrected chi connectivity index (χ1v) is 5.65. The summed E-state index contributed by atoms with van der Waals surface area (Å²) in [5.41, 5.74) is 4.28. The van der Waals surface area contributed by atoms with Crippen LogP contribution in [0.15, 0.2) is 42.7 Å². The van der Waals surface area contributed by atoms with E-state index in [4.69, 9.17) is 0 Å². The zero-order valence-corrected chi connectivity index (χ0v) is 9.84. The molecular weight excluding hydrogens is 226 g/mol. The minimum Gasteiger partial charge on any atom is -0.338 e. The van der Waals surface area contributed by atoms with Gasteiger partial charge in [-0.3, -0.25) is 9.78 Å². The number of hydrogen-bond acceptors (Lipinski definition) is 3. The summed E-state index contributed by atoms with van der Waals surface area (Å²) < 4.78 is 0. The summed E-state index contributed by atoms with van der Waals surface area (Å²) in [4.78, 5) is 22.8. The van der Waals surface area contributed by atoms with E-state index in [0.717, 1.165) is 22.4 Å².